The SMILES string of the molecule is O=C(O)CCCN1C(=O)c2cccc3c(-c4nn[nH]n4)ccc(c23)C1=O. The molecule has 0 atom stereocenters. The molecule has 9 nitrogen and oxygen atoms in total. The molecule has 1 aliphatic heterocycles. The molecule has 0 fully saturated rings. The highest BCUT2D eigenvalue weighted by Crippen LogP contribution is 2.35. The van der Waals surface area contributed by atoms with Gasteiger partial charge in [-0.1, -0.05) is 12.1 Å². The first-order valence-electron chi connectivity index (χ1n) is 7.95. The van der Waals surface area contributed by atoms with Crippen molar-refractivity contribution in [3.63, 3.8) is 0 Å². The average Bonchev–Trinajstić information content (AvgIpc) is 3.16. The summed E-state index contributed by atoms with van der Waals surface area (Å²) >= 11 is 0. The number of carbonyl (C=O) groups excluding carboxylic acids is 2. The van der Waals surface area contributed by atoms with Crippen molar-refractivity contribution in [1.29, 1.82) is 0 Å². The van der Waals surface area contributed by atoms with Crippen LogP contribution in [-0.2, 0) is 4.79 Å². The van der Waals surface area contributed by atoms with E-state index in [4.69, 9.17) is 5.11 Å². The van der Waals surface area contributed by atoms with Gasteiger partial charge >= 0.3 is 5.97 Å². The van der Waals surface area contributed by atoms with E-state index in [9.17, 15) is 14.4 Å². The average molecular weight is 351 g/mol. The molecule has 2 aromatic carbocycles. The monoisotopic (exact) mass is 351 g/mol. The van der Waals surface area contributed by atoms with Crippen LogP contribution in [0.4, 0.5) is 0 Å². The van der Waals surface area contributed by atoms with E-state index in [2.05, 4.69) is 20.6 Å². The van der Waals surface area contributed by atoms with E-state index >= 15 is 0 Å². The van der Waals surface area contributed by atoms with Crippen LogP contribution in [-0.4, -0.2) is 55.0 Å². The number of imide groups is 1. The smallest absolute Gasteiger partial charge is 0.303 e. The summed E-state index contributed by atoms with van der Waals surface area (Å²) in [5.41, 5.74) is 1.47. The van der Waals surface area contributed by atoms with Gasteiger partial charge in [0, 0.05) is 35.0 Å². The van der Waals surface area contributed by atoms with Crippen LogP contribution in [0.15, 0.2) is 30.3 Å². The number of carbonyl (C=O) groups is 3. The second kappa shape index (κ2) is 6.03. The number of carboxylic acids is 1. The van der Waals surface area contributed by atoms with Crippen molar-refractivity contribution in [2.75, 3.05) is 6.54 Å². The second-order valence-electron chi connectivity index (χ2n) is 5.88. The van der Waals surface area contributed by atoms with Gasteiger partial charge in [-0.15, -0.1) is 10.2 Å². The van der Waals surface area contributed by atoms with E-state index in [1.54, 1.807) is 30.3 Å². The van der Waals surface area contributed by atoms with Gasteiger partial charge in [0.2, 0.25) is 5.82 Å². The predicted molar refractivity (Wildman–Crippen MR) is 89.4 cm³/mol. The Bertz CT molecular complexity index is 1020. The summed E-state index contributed by atoms with van der Waals surface area (Å²) in [4.78, 5) is 37.4. The van der Waals surface area contributed by atoms with E-state index in [1.807, 2.05) is 0 Å². The van der Waals surface area contributed by atoms with Crippen LogP contribution >= 0.6 is 0 Å². The van der Waals surface area contributed by atoms with Gasteiger partial charge in [0.05, 0.1) is 0 Å². The summed E-state index contributed by atoms with van der Waals surface area (Å²) in [6.07, 6.45) is 0.101. The first-order valence-corrected chi connectivity index (χ1v) is 7.95. The van der Waals surface area contributed by atoms with Crippen LogP contribution < -0.4 is 0 Å². The summed E-state index contributed by atoms with van der Waals surface area (Å²) in [5.74, 6) is -1.45. The van der Waals surface area contributed by atoms with Gasteiger partial charge in [0.15, 0.2) is 0 Å². The molecule has 4 rings (SSSR count). The third-order valence-corrected chi connectivity index (χ3v) is 4.35. The fraction of sp³-hybridized carbons (Fsp3) is 0.176. The fourth-order valence-corrected chi connectivity index (χ4v) is 3.21. The molecular weight excluding hydrogens is 338 g/mol. The number of tetrazole rings is 1. The van der Waals surface area contributed by atoms with Crippen molar-refractivity contribution in [3.8, 4) is 11.4 Å². The molecule has 1 aromatic heterocycles. The van der Waals surface area contributed by atoms with Crippen LogP contribution in [0.25, 0.3) is 22.2 Å². The Hall–Kier alpha value is -3.62. The molecule has 1 aliphatic rings. The van der Waals surface area contributed by atoms with Crippen molar-refractivity contribution < 1.29 is 19.5 Å². The lowest BCUT2D eigenvalue weighted by atomic mass is 9.91. The zero-order valence-corrected chi connectivity index (χ0v) is 13.5. The molecule has 0 saturated heterocycles. The number of nitrogens with one attached hydrogen (secondary N) is 1. The molecule has 0 radical (unpaired) electrons. The molecule has 0 aliphatic carbocycles. The Balaban J connectivity index is 1.82. The highest BCUT2D eigenvalue weighted by molar-refractivity contribution is 6.26. The van der Waals surface area contributed by atoms with Gasteiger partial charge in [-0.05, 0) is 35.2 Å². The number of aromatic nitrogens is 4. The Kier molecular flexibility index (Phi) is 3.68. The number of aromatic amines is 1. The minimum Gasteiger partial charge on any atom is -0.481 e. The molecule has 9 heteroatoms. The lowest BCUT2D eigenvalue weighted by molar-refractivity contribution is -0.137. The van der Waals surface area contributed by atoms with Crippen molar-refractivity contribution >= 4 is 28.6 Å². The molecule has 0 spiro atoms. The molecule has 2 amide bonds. The molecule has 3 aromatic rings. The number of amides is 2. The maximum absolute atomic E-state index is 12.8. The number of H-pyrrole nitrogens is 1. The molecule has 0 bridgehead atoms. The number of benzene rings is 2. The highest BCUT2D eigenvalue weighted by atomic mass is 16.4. The van der Waals surface area contributed by atoms with Gasteiger partial charge in [-0.2, -0.15) is 5.21 Å². The highest BCUT2D eigenvalue weighted by Gasteiger charge is 2.33. The number of carboxylic acid groups (broad SMARTS) is 1. The minimum absolute atomic E-state index is 0.0619. The molecule has 2 heterocycles. The van der Waals surface area contributed by atoms with Gasteiger partial charge < -0.3 is 5.11 Å². The Morgan fingerprint density at radius 1 is 1.08 bits per heavy atom. The third-order valence-electron chi connectivity index (χ3n) is 4.35. The largest absolute Gasteiger partial charge is 0.481 e. The van der Waals surface area contributed by atoms with Crippen molar-refractivity contribution in [3.05, 3.63) is 41.5 Å². The third kappa shape index (κ3) is 2.41. The lowest BCUT2D eigenvalue weighted by Crippen LogP contribution is -2.41. The quantitative estimate of drug-likeness (QED) is 0.666. The summed E-state index contributed by atoms with van der Waals surface area (Å²) in [5, 5.41) is 23.9. The van der Waals surface area contributed by atoms with Crippen molar-refractivity contribution in [2.45, 2.75) is 12.8 Å². The zero-order valence-electron chi connectivity index (χ0n) is 13.5. The standard InChI is InChI=1S/C17H13N5O4/c23-13(24)5-2-8-22-16(25)11-4-1-3-9-10(15-18-20-21-19-15)6-7-12(14(9)11)17(22)26/h1,3-4,6-7H,2,5,8H2,(H,23,24)(H,18,19,20,21). The number of hydrogen-bond donors (Lipinski definition) is 2. The number of aliphatic carboxylic acids is 1. The Morgan fingerprint density at radius 3 is 2.50 bits per heavy atom. The molecule has 0 saturated carbocycles. The maximum atomic E-state index is 12.8. The minimum atomic E-state index is -0.964. The summed E-state index contributed by atoms with van der Waals surface area (Å²) in [7, 11) is 0. The fourth-order valence-electron chi connectivity index (χ4n) is 3.21. The normalized spacial score (nSPS) is 13.5. The van der Waals surface area contributed by atoms with E-state index < -0.39 is 17.8 Å². The predicted octanol–water partition coefficient (Wildman–Crippen LogP) is 1.48. The van der Waals surface area contributed by atoms with Crippen molar-refractivity contribution in [1.82, 2.24) is 25.5 Å². The number of nitrogens with zero attached hydrogens (tertiary/aromatic N) is 4. The van der Waals surface area contributed by atoms with Crippen LogP contribution in [0, 0.1) is 0 Å². The van der Waals surface area contributed by atoms with E-state index in [-0.39, 0.29) is 19.4 Å². The Morgan fingerprint density at radius 2 is 1.81 bits per heavy atom. The number of hydrogen-bond acceptors (Lipinski definition) is 6. The maximum Gasteiger partial charge on any atom is 0.303 e. The summed E-state index contributed by atoms with van der Waals surface area (Å²) < 4.78 is 0. The Labute approximate surface area is 146 Å². The van der Waals surface area contributed by atoms with Crippen LogP contribution in [0.5, 0.6) is 0 Å². The topological polar surface area (TPSA) is 129 Å². The van der Waals surface area contributed by atoms with E-state index in [1.165, 1.54) is 0 Å². The summed E-state index contributed by atoms with van der Waals surface area (Å²) in [6.45, 7) is 0.0619. The van der Waals surface area contributed by atoms with Crippen LogP contribution in [0.2, 0.25) is 0 Å². The molecule has 2 N–H and O–H groups in total. The van der Waals surface area contributed by atoms with E-state index in [0.29, 0.717) is 33.3 Å². The molecule has 26 heavy (non-hydrogen) atoms. The zero-order chi connectivity index (χ0) is 18.3. The molecule has 0 unspecified atom stereocenters. The number of rotatable bonds is 5. The summed E-state index contributed by atoms with van der Waals surface area (Å²) in [6, 6.07) is 8.54. The van der Waals surface area contributed by atoms with E-state index in [0.717, 1.165) is 4.90 Å². The van der Waals surface area contributed by atoms with Crippen LogP contribution in [0.1, 0.15) is 33.6 Å². The second-order valence-corrected chi connectivity index (χ2v) is 5.88. The van der Waals surface area contributed by atoms with Crippen molar-refractivity contribution in [2.24, 2.45) is 0 Å². The van der Waals surface area contributed by atoms with Gasteiger partial charge in [-0.25, -0.2) is 0 Å². The van der Waals surface area contributed by atoms with Gasteiger partial charge in [0.1, 0.15) is 0 Å². The molecular formula is C17H13N5O4. The van der Waals surface area contributed by atoms with Gasteiger partial charge in [-0.3, -0.25) is 19.3 Å². The first-order chi connectivity index (χ1) is 12.6. The van der Waals surface area contributed by atoms with Crippen LogP contribution in [0.3, 0.4) is 0 Å². The first kappa shape index (κ1) is 15.9. The van der Waals surface area contributed by atoms with Gasteiger partial charge in [0.25, 0.3) is 11.8 Å². The lowest BCUT2D eigenvalue weighted by Gasteiger charge is -2.27. The molecule has 130 valence electrons.